The molecule has 25 heavy (non-hydrogen) atoms. The van der Waals surface area contributed by atoms with Crippen LogP contribution in [0.2, 0.25) is 0 Å². The van der Waals surface area contributed by atoms with Crippen molar-refractivity contribution >= 4 is 22.4 Å². The van der Waals surface area contributed by atoms with Crippen LogP contribution in [0.4, 0.5) is 9.57 Å². The van der Waals surface area contributed by atoms with E-state index < -0.39 is 10.5 Å². The molecule has 0 amide bonds. The van der Waals surface area contributed by atoms with E-state index >= 15 is 0 Å². The monoisotopic (exact) mass is 362 g/mol. The number of nitriles is 1. The third-order valence-corrected chi connectivity index (χ3v) is 2.80. The number of nitrogens with zero attached hydrogens (tertiary/aromatic N) is 2. The van der Waals surface area contributed by atoms with Crippen LogP contribution in [-0.4, -0.2) is 28.9 Å². The van der Waals surface area contributed by atoms with Crippen molar-refractivity contribution < 1.29 is 26.5 Å². The summed E-state index contributed by atoms with van der Waals surface area (Å²) < 4.78 is 37.0. The van der Waals surface area contributed by atoms with Gasteiger partial charge in [-0.25, -0.2) is 8.42 Å². The summed E-state index contributed by atoms with van der Waals surface area (Å²) in [6.07, 6.45) is 1.83. The van der Waals surface area contributed by atoms with Crippen molar-refractivity contribution in [2.75, 3.05) is 0 Å². The first-order valence-corrected chi connectivity index (χ1v) is 8.23. The lowest BCUT2D eigenvalue weighted by Crippen LogP contribution is -2.08. The summed E-state index contributed by atoms with van der Waals surface area (Å²) in [4.78, 5) is 0. The second-order valence-electron chi connectivity index (χ2n) is 4.68. The molecule has 8 heteroatoms. The maximum absolute atomic E-state index is 10.1. The molecule has 0 aliphatic rings. The molecule has 0 radical (unpaired) electrons. The minimum absolute atomic E-state index is 0.0106. The molecule has 0 heterocycles. The molecular weight excluding hydrogens is 347 g/mol. The Morgan fingerprint density at radius 3 is 2.00 bits per heavy atom. The Bertz CT molecular complexity index is 891. The highest BCUT2D eigenvalue weighted by molar-refractivity contribution is 7.80. The van der Waals surface area contributed by atoms with Crippen molar-refractivity contribution in [2.24, 2.45) is 0 Å². The fourth-order valence-electron chi connectivity index (χ4n) is 1.85. The number of rotatable bonds is 3. The van der Waals surface area contributed by atoms with E-state index in [1.54, 1.807) is 4.58 Å². The fraction of sp³-hybridized carbons (Fsp3) is 0.0588. The normalized spacial score (nSPS) is 12.3. The Kier molecular flexibility index (Phi) is 7.46. The Morgan fingerprint density at radius 1 is 1.16 bits per heavy atom. The molecule has 0 fully saturated rings. The topological polar surface area (TPSA) is 104 Å². The molecule has 0 aliphatic carbocycles. The van der Waals surface area contributed by atoms with Gasteiger partial charge in [0.1, 0.15) is 0 Å². The quantitative estimate of drug-likeness (QED) is 0.225. The number of hydrogen-bond donors (Lipinski definition) is 1. The van der Waals surface area contributed by atoms with Gasteiger partial charge < -0.3 is 9.66 Å². The molecule has 0 saturated carbocycles. The van der Waals surface area contributed by atoms with Crippen molar-refractivity contribution in [2.45, 2.75) is 6.92 Å². The van der Waals surface area contributed by atoms with Crippen LogP contribution in [0.1, 0.15) is 12.5 Å². The molecular formula is C17H15FN2O4S. The zero-order valence-corrected chi connectivity index (χ0v) is 14.0. The van der Waals surface area contributed by atoms with Gasteiger partial charge in [0.25, 0.3) is 10.5 Å². The summed E-state index contributed by atoms with van der Waals surface area (Å²) in [5.41, 5.74) is 1.98. The van der Waals surface area contributed by atoms with E-state index in [9.17, 15) is 14.3 Å². The molecule has 0 saturated heterocycles. The average molecular weight is 362 g/mol. The highest BCUT2D eigenvalue weighted by atomic mass is 32.3. The molecule has 2 aromatic rings. The Labute approximate surface area is 145 Å². The minimum Gasteiger partial charge on any atom is -0.722 e. The zero-order valence-electron chi connectivity index (χ0n) is 13.2. The second kappa shape index (κ2) is 9.32. The standard InChI is InChI=1S/C17H14N2O.FHO3S/c1-14(20)17(12-18)19(16-10-6-3-7-11-16)13-15-8-4-2-5-9-15;1-5(2,3)4/h2-11,13H,1H3;(H,2,3,4)/b17-14-,19-13?;. The molecule has 0 aliphatic heterocycles. The Balaban J connectivity index is 0.000000550. The third kappa shape index (κ3) is 7.87. The van der Waals surface area contributed by atoms with Gasteiger partial charge in [-0.05, 0) is 12.1 Å². The van der Waals surface area contributed by atoms with Crippen LogP contribution >= 0.6 is 0 Å². The van der Waals surface area contributed by atoms with Gasteiger partial charge in [0.15, 0.2) is 18.0 Å². The zero-order chi connectivity index (χ0) is 18.9. The summed E-state index contributed by atoms with van der Waals surface area (Å²) in [7, 11) is -5.42. The summed E-state index contributed by atoms with van der Waals surface area (Å²) in [5.74, 6) is -0.0106. The number of benzene rings is 2. The number of para-hydroxylation sites is 1. The number of aliphatic hydroxyl groups excluding tert-OH is 1. The second-order valence-corrected chi connectivity index (χ2v) is 5.47. The summed E-state index contributed by atoms with van der Waals surface area (Å²) in [5, 5.41) is 19.0. The van der Waals surface area contributed by atoms with Gasteiger partial charge in [0.05, 0.1) is 0 Å². The predicted octanol–water partition coefficient (Wildman–Crippen LogP) is 3.18. The average Bonchev–Trinajstić information content (AvgIpc) is 2.54. The van der Waals surface area contributed by atoms with Crippen LogP contribution in [0.3, 0.4) is 0 Å². The van der Waals surface area contributed by atoms with Crippen molar-refractivity contribution in [3.63, 3.8) is 0 Å². The Hall–Kier alpha value is -3.02. The van der Waals surface area contributed by atoms with E-state index in [2.05, 4.69) is 0 Å². The first-order valence-electron chi connectivity index (χ1n) is 6.92. The lowest BCUT2D eigenvalue weighted by atomic mass is 10.2. The molecule has 0 bridgehead atoms. The van der Waals surface area contributed by atoms with Crippen molar-refractivity contribution in [3.05, 3.63) is 77.7 Å². The molecule has 0 unspecified atom stereocenters. The molecule has 2 rings (SSSR count). The molecule has 6 nitrogen and oxygen atoms in total. The van der Waals surface area contributed by atoms with Gasteiger partial charge in [-0.1, -0.05) is 36.4 Å². The van der Waals surface area contributed by atoms with Crippen molar-refractivity contribution in [3.8, 4) is 6.07 Å². The SMILES string of the molecule is C/C(O)=C(\C#N)[N+](=Cc1ccccc1)c1ccccc1.O=S(=O)([O-])F. The van der Waals surface area contributed by atoms with E-state index in [0.29, 0.717) is 0 Å². The maximum Gasteiger partial charge on any atom is 0.326 e. The number of allylic oxidation sites excluding steroid dienone is 2. The molecule has 0 atom stereocenters. The molecule has 2 aromatic carbocycles. The van der Waals surface area contributed by atoms with Crippen LogP contribution in [0.5, 0.6) is 0 Å². The van der Waals surface area contributed by atoms with Gasteiger partial charge in [-0.3, -0.25) is 0 Å². The largest absolute Gasteiger partial charge is 0.722 e. The maximum atomic E-state index is 10.1. The lowest BCUT2D eigenvalue weighted by Gasteiger charge is -2.01. The van der Waals surface area contributed by atoms with Crippen LogP contribution in [0.25, 0.3) is 0 Å². The van der Waals surface area contributed by atoms with E-state index in [1.165, 1.54) is 6.92 Å². The number of aliphatic hydroxyl groups is 1. The first kappa shape index (κ1) is 20.0. The highest BCUT2D eigenvalue weighted by Crippen LogP contribution is 2.17. The predicted molar refractivity (Wildman–Crippen MR) is 89.7 cm³/mol. The molecule has 1 N–H and O–H groups in total. The minimum atomic E-state index is -5.42. The number of hydrogen-bond acceptors (Lipinski definition) is 5. The van der Waals surface area contributed by atoms with Crippen LogP contribution < -0.4 is 0 Å². The van der Waals surface area contributed by atoms with Gasteiger partial charge in [-0.2, -0.15) is 5.26 Å². The summed E-state index contributed by atoms with van der Waals surface area (Å²) in [6.45, 7) is 1.51. The summed E-state index contributed by atoms with van der Waals surface area (Å²) >= 11 is 0. The summed E-state index contributed by atoms with van der Waals surface area (Å²) in [6, 6.07) is 21.2. The molecule has 0 aromatic heterocycles. The highest BCUT2D eigenvalue weighted by Gasteiger charge is 2.19. The van der Waals surface area contributed by atoms with Gasteiger partial charge in [0.2, 0.25) is 5.69 Å². The van der Waals surface area contributed by atoms with Gasteiger partial charge >= 0.3 is 5.70 Å². The van der Waals surface area contributed by atoms with Gasteiger partial charge in [-0.15, -0.1) is 8.46 Å². The van der Waals surface area contributed by atoms with Crippen LogP contribution in [-0.2, 0) is 10.5 Å². The molecule has 130 valence electrons. The number of halogens is 1. The van der Waals surface area contributed by atoms with E-state index in [0.717, 1.165) is 11.3 Å². The van der Waals surface area contributed by atoms with Crippen LogP contribution in [0, 0.1) is 11.3 Å². The van der Waals surface area contributed by atoms with Gasteiger partial charge in [0, 0.05) is 24.6 Å². The third-order valence-electron chi connectivity index (χ3n) is 2.80. The smallest absolute Gasteiger partial charge is 0.326 e. The fourth-order valence-corrected chi connectivity index (χ4v) is 1.85. The molecule has 0 spiro atoms. The first-order chi connectivity index (χ1) is 11.7. The Morgan fingerprint density at radius 2 is 1.60 bits per heavy atom. The van der Waals surface area contributed by atoms with E-state index in [-0.39, 0.29) is 11.5 Å². The van der Waals surface area contributed by atoms with Crippen molar-refractivity contribution in [1.82, 2.24) is 0 Å². The van der Waals surface area contributed by atoms with Crippen molar-refractivity contribution in [1.29, 1.82) is 5.26 Å². The van der Waals surface area contributed by atoms with Crippen LogP contribution in [0.15, 0.2) is 72.1 Å². The van der Waals surface area contributed by atoms with E-state index in [4.69, 9.17) is 13.0 Å². The lowest BCUT2D eigenvalue weighted by molar-refractivity contribution is -0.373. The van der Waals surface area contributed by atoms with E-state index in [1.807, 2.05) is 72.9 Å².